The van der Waals surface area contributed by atoms with Crippen molar-refractivity contribution in [3.8, 4) is 0 Å². The van der Waals surface area contributed by atoms with Crippen molar-refractivity contribution in [1.29, 1.82) is 0 Å². The number of aliphatic hydroxyl groups excluding tert-OH is 1. The van der Waals surface area contributed by atoms with Crippen molar-refractivity contribution < 1.29 is 5.11 Å². The van der Waals surface area contributed by atoms with Crippen LogP contribution in [0.1, 0.15) is 31.0 Å². The van der Waals surface area contributed by atoms with Crippen molar-refractivity contribution >= 4 is 0 Å². The molecule has 0 aliphatic carbocycles. The number of aryl methyl sites for hydroxylation is 1. The van der Waals surface area contributed by atoms with Crippen molar-refractivity contribution in [2.45, 2.75) is 32.9 Å². The molecule has 0 radical (unpaired) electrons. The topological polar surface area (TPSA) is 32.3 Å². The summed E-state index contributed by atoms with van der Waals surface area (Å²) in [5.41, 5.74) is 2.53. The Balaban J connectivity index is 2.52. The van der Waals surface area contributed by atoms with Gasteiger partial charge in [0.2, 0.25) is 0 Å². The zero-order chi connectivity index (χ0) is 10.6. The largest absolute Gasteiger partial charge is 0.392 e. The van der Waals surface area contributed by atoms with Crippen molar-refractivity contribution in [2.24, 2.45) is 0 Å². The van der Waals surface area contributed by atoms with Gasteiger partial charge in [0.1, 0.15) is 0 Å². The molecule has 0 amide bonds. The van der Waals surface area contributed by atoms with Crippen molar-refractivity contribution in [3.05, 3.63) is 35.4 Å². The third-order valence-corrected chi connectivity index (χ3v) is 2.30. The monoisotopic (exact) mass is 193 g/mol. The maximum Gasteiger partial charge on any atom is 0.0636 e. The summed E-state index contributed by atoms with van der Waals surface area (Å²) in [7, 11) is 0. The molecule has 1 aromatic rings. The van der Waals surface area contributed by atoms with Crippen LogP contribution >= 0.6 is 0 Å². The van der Waals surface area contributed by atoms with Crippen LogP contribution in [0.3, 0.4) is 0 Å². The molecule has 2 nitrogen and oxygen atoms in total. The Morgan fingerprint density at radius 2 is 1.79 bits per heavy atom. The molecule has 0 aliphatic rings. The fourth-order valence-corrected chi connectivity index (χ4v) is 1.32. The highest BCUT2D eigenvalue weighted by atomic mass is 16.3. The molecule has 1 rings (SSSR count). The third-order valence-electron chi connectivity index (χ3n) is 2.30. The number of aliphatic hydroxyl groups is 1. The highest BCUT2D eigenvalue weighted by Crippen LogP contribution is 2.12. The van der Waals surface area contributed by atoms with Gasteiger partial charge in [-0.25, -0.2) is 0 Å². The van der Waals surface area contributed by atoms with Gasteiger partial charge in [-0.2, -0.15) is 0 Å². The molecule has 0 fully saturated rings. The van der Waals surface area contributed by atoms with Crippen LogP contribution in [-0.4, -0.2) is 17.8 Å². The smallest absolute Gasteiger partial charge is 0.0636 e. The predicted molar refractivity (Wildman–Crippen MR) is 59.3 cm³/mol. The van der Waals surface area contributed by atoms with Gasteiger partial charge in [-0.15, -0.1) is 0 Å². The first kappa shape index (κ1) is 11.2. The number of rotatable bonds is 4. The second kappa shape index (κ2) is 5.13. The summed E-state index contributed by atoms with van der Waals surface area (Å²) in [6.07, 6.45) is -0.289. The molecule has 2 heteroatoms. The molecule has 1 aromatic carbocycles. The number of hydrogen-bond acceptors (Lipinski definition) is 2. The number of nitrogens with one attached hydrogen (secondary N) is 1. The molecule has 0 heterocycles. The van der Waals surface area contributed by atoms with E-state index in [1.54, 1.807) is 6.92 Å². The van der Waals surface area contributed by atoms with Crippen LogP contribution in [0.15, 0.2) is 24.3 Å². The average molecular weight is 193 g/mol. The highest BCUT2D eigenvalue weighted by molar-refractivity contribution is 5.23. The van der Waals surface area contributed by atoms with E-state index in [1.165, 1.54) is 11.1 Å². The van der Waals surface area contributed by atoms with E-state index < -0.39 is 0 Å². The minimum Gasteiger partial charge on any atom is -0.392 e. The molecule has 0 unspecified atom stereocenters. The Kier molecular flexibility index (Phi) is 4.11. The summed E-state index contributed by atoms with van der Waals surface area (Å²) >= 11 is 0. The quantitative estimate of drug-likeness (QED) is 0.767. The van der Waals surface area contributed by atoms with Crippen LogP contribution in [0.5, 0.6) is 0 Å². The van der Waals surface area contributed by atoms with Gasteiger partial charge in [0.25, 0.3) is 0 Å². The highest BCUT2D eigenvalue weighted by Gasteiger charge is 2.04. The lowest BCUT2D eigenvalue weighted by Crippen LogP contribution is -2.27. The Bertz CT molecular complexity index is 266. The summed E-state index contributed by atoms with van der Waals surface area (Å²) in [4.78, 5) is 0. The molecule has 2 atom stereocenters. The third kappa shape index (κ3) is 3.48. The van der Waals surface area contributed by atoms with Crippen molar-refractivity contribution in [1.82, 2.24) is 5.32 Å². The molecule has 0 saturated carbocycles. The molecule has 0 aliphatic heterocycles. The SMILES string of the molecule is Cc1ccc([C@H](C)NC[C@H](C)O)cc1. The normalized spacial score (nSPS) is 15.1. The van der Waals surface area contributed by atoms with Gasteiger partial charge in [0.05, 0.1) is 6.10 Å². The number of benzene rings is 1. The van der Waals surface area contributed by atoms with Crippen LogP contribution in [0.25, 0.3) is 0 Å². The Morgan fingerprint density at radius 1 is 1.21 bits per heavy atom. The van der Waals surface area contributed by atoms with Crippen LogP contribution in [-0.2, 0) is 0 Å². The lowest BCUT2D eigenvalue weighted by molar-refractivity contribution is 0.187. The van der Waals surface area contributed by atoms with E-state index in [0.29, 0.717) is 12.6 Å². The first-order valence-corrected chi connectivity index (χ1v) is 5.07. The standard InChI is InChI=1S/C12H19NO/c1-9-4-6-12(7-5-9)11(3)13-8-10(2)14/h4-7,10-11,13-14H,8H2,1-3H3/t10-,11-/m0/s1. The first-order valence-electron chi connectivity index (χ1n) is 5.07. The summed E-state index contributed by atoms with van der Waals surface area (Å²) in [6, 6.07) is 8.75. The van der Waals surface area contributed by atoms with E-state index in [1.807, 2.05) is 0 Å². The second-order valence-corrected chi connectivity index (χ2v) is 3.89. The fraction of sp³-hybridized carbons (Fsp3) is 0.500. The van der Waals surface area contributed by atoms with Gasteiger partial charge in [-0.05, 0) is 26.3 Å². The lowest BCUT2D eigenvalue weighted by Gasteiger charge is -2.15. The maximum atomic E-state index is 9.13. The molecule has 0 saturated heterocycles. The van der Waals surface area contributed by atoms with E-state index in [4.69, 9.17) is 5.11 Å². The van der Waals surface area contributed by atoms with Crippen LogP contribution in [0.4, 0.5) is 0 Å². The van der Waals surface area contributed by atoms with Crippen molar-refractivity contribution in [2.75, 3.05) is 6.54 Å². The molecular weight excluding hydrogens is 174 g/mol. The zero-order valence-electron chi connectivity index (χ0n) is 9.12. The molecule has 0 bridgehead atoms. The van der Waals surface area contributed by atoms with Gasteiger partial charge in [-0.3, -0.25) is 0 Å². The minimum atomic E-state index is -0.289. The molecule has 0 spiro atoms. The van der Waals surface area contributed by atoms with E-state index in [-0.39, 0.29) is 6.10 Å². The summed E-state index contributed by atoms with van der Waals surface area (Å²) in [5, 5.41) is 12.4. The van der Waals surface area contributed by atoms with Gasteiger partial charge >= 0.3 is 0 Å². The predicted octanol–water partition coefficient (Wildman–Crippen LogP) is 2.03. The van der Waals surface area contributed by atoms with Crippen molar-refractivity contribution in [3.63, 3.8) is 0 Å². The molecule has 14 heavy (non-hydrogen) atoms. The average Bonchev–Trinajstić information content (AvgIpc) is 2.15. The van der Waals surface area contributed by atoms with Gasteiger partial charge < -0.3 is 10.4 Å². The summed E-state index contributed by atoms with van der Waals surface area (Å²) < 4.78 is 0. The summed E-state index contributed by atoms with van der Waals surface area (Å²) in [5.74, 6) is 0. The van der Waals surface area contributed by atoms with Crippen LogP contribution in [0.2, 0.25) is 0 Å². The Labute approximate surface area is 86.0 Å². The first-order chi connectivity index (χ1) is 6.59. The summed E-state index contributed by atoms with van der Waals surface area (Å²) in [6.45, 7) is 6.61. The van der Waals surface area contributed by atoms with Gasteiger partial charge in [0, 0.05) is 12.6 Å². The second-order valence-electron chi connectivity index (χ2n) is 3.89. The maximum absolute atomic E-state index is 9.13. The zero-order valence-corrected chi connectivity index (χ0v) is 9.12. The fourth-order valence-electron chi connectivity index (χ4n) is 1.32. The van der Waals surface area contributed by atoms with E-state index in [0.717, 1.165) is 0 Å². The van der Waals surface area contributed by atoms with Gasteiger partial charge in [-0.1, -0.05) is 29.8 Å². The molecule has 78 valence electrons. The Morgan fingerprint density at radius 3 is 2.29 bits per heavy atom. The van der Waals surface area contributed by atoms with Gasteiger partial charge in [0.15, 0.2) is 0 Å². The van der Waals surface area contributed by atoms with E-state index >= 15 is 0 Å². The minimum absolute atomic E-state index is 0.289. The number of hydrogen-bond donors (Lipinski definition) is 2. The van der Waals surface area contributed by atoms with E-state index in [9.17, 15) is 0 Å². The lowest BCUT2D eigenvalue weighted by atomic mass is 10.1. The van der Waals surface area contributed by atoms with Crippen LogP contribution < -0.4 is 5.32 Å². The molecular formula is C12H19NO. The van der Waals surface area contributed by atoms with Crippen LogP contribution in [0, 0.1) is 6.92 Å². The molecule has 0 aromatic heterocycles. The molecule has 2 N–H and O–H groups in total. The Hall–Kier alpha value is -0.860. The van der Waals surface area contributed by atoms with E-state index in [2.05, 4.69) is 43.4 Å².